The monoisotopic (exact) mass is 304 g/mol. The summed E-state index contributed by atoms with van der Waals surface area (Å²) in [5.74, 6) is 0.567. The number of pyridine rings is 1. The second-order valence-corrected chi connectivity index (χ2v) is 4.74. The van der Waals surface area contributed by atoms with Crippen LogP contribution < -0.4 is 16.0 Å². The Morgan fingerprint density at radius 3 is 2.76 bits per heavy atom. The Balaban J connectivity index is 2.33. The first-order valence-electron chi connectivity index (χ1n) is 6.63. The SMILES string of the molecule is CCNC(=O)c1ccccc1Nc1cc(NC)ncc1Cl. The van der Waals surface area contributed by atoms with Crippen molar-refractivity contribution in [3.05, 3.63) is 47.1 Å². The van der Waals surface area contributed by atoms with E-state index in [2.05, 4.69) is 20.9 Å². The van der Waals surface area contributed by atoms with Gasteiger partial charge in [0.05, 0.1) is 28.2 Å². The van der Waals surface area contributed by atoms with E-state index in [4.69, 9.17) is 11.6 Å². The number of para-hydroxylation sites is 1. The Kier molecular flexibility index (Phi) is 5.00. The van der Waals surface area contributed by atoms with E-state index in [1.165, 1.54) is 0 Å². The van der Waals surface area contributed by atoms with Crippen LogP contribution in [0.4, 0.5) is 17.2 Å². The van der Waals surface area contributed by atoms with Gasteiger partial charge in [0.25, 0.3) is 5.91 Å². The average molecular weight is 305 g/mol. The molecule has 0 unspecified atom stereocenters. The molecule has 0 atom stereocenters. The van der Waals surface area contributed by atoms with Gasteiger partial charge in [-0.2, -0.15) is 0 Å². The number of hydrogen-bond acceptors (Lipinski definition) is 4. The number of rotatable bonds is 5. The maximum atomic E-state index is 12.1. The molecule has 21 heavy (non-hydrogen) atoms. The van der Waals surface area contributed by atoms with E-state index in [-0.39, 0.29) is 5.91 Å². The van der Waals surface area contributed by atoms with Crippen LogP contribution >= 0.6 is 11.6 Å². The summed E-state index contributed by atoms with van der Waals surface area (Å²) in [6.07, 6.45) is 1.56. The Labute approximate surface area is 128 Å². The minimum Gasteiger partial charge on any atom is -0.373 e. The number of benzene rings is 1. The van der Waals surface area contributed by atoms with Crippen molar-refractivity contribution < 1.29 is 4.79 Å². The van der Waals surface area contributed by atoms with Gasteiger partial charge in [-0.3, -0.25) is 4.79 Å². The number of nitrogens with zero attached hydrogens (tertiary/aromatic N) is 1. The second-order valence-electron chi connectivity index (χ2n) is 4.33. The highest BCUT2D eigenvalue weighted by Gasteiger charge is 2.11. The van der Waals surface area contributed by atoms with Crippen molar-refractivity contribution in [3.8, 4) is 0 Å². The number of carbonyl (C=O) groups is 1. The van der Waals surface area contributed by atoms with E-state index in [0.29, 0.717) is 34.3 Å². The van der Waals surface area contributed by atoms with Crippen molar-refractivity contribution in [1.82, 2.24) is 10.3 Å². The number of halogens is 1. The fourth-order valence-corrected chi connectivity index (χ4v) is 2.01. The zero-order valence-corrected chi connectivity index (χ0v) is 12.7. The zero-order valence-electron chi connectivity index (χ0n) is 11.9. The Morgan fingerprint density at radius 2 is 2.05 bits per heavy atom. The maximum Gasteiger partial charge on any atom is 0.253 e. The van der Waals surface area contributed by atoms with Crippen LogP contribution in [-0.4, -0.2) is 24.5 Å². The van der Waals surface area contributed by atoms with Crippen LogP contribution in [-0.2, 0) is 0 Å². The van der Waals surface area contributed by atoms with E-state index < -0.39 is 0 Å². The molecule has 6 heteroatoms. The third-order valence-corrected chi connectivity index (χ3v) is 3.19. The Bertz CT molecular complexity index is 645. The zero-order chi connectivity index (χ0) is 15.2. The van der Waals surface area contributed by atoms with E-state index >= 15 is 0 Å². The third kappa shape index (κ3) is 3.64. The molecule has 0 radical (unpaired) electrons. The summed E-state index contributed by atoms with van der Waals surface area (Å²) in [6, 6.07) is 9.07. The number of nitrogens with one attached hydrogen (secondary N) is 3. The molecule has 1 heterocycles. The molecule has 0 aliphatic rings. The van der Waals surface area contributed by atoms with Crippen LogP contribution in [0, 0.1) is 0 Å². The Hall–Kier alpha value is -2.27. The highest BCUT2D eigenvalue weighted by atomic mass is 35.5. The van der Waals surface area contributed by atoms with Crippen LogP contribution in [0.1, 0.15) is 17.3 Å². The molecule has 0 aliphatic heterocycles. The summed E-state index contributed by atoms with van der Waals surface area (Å²) >= 11 is 6.14. The lowest BCUT2D eigenvalue weighted by atomic mass is 10.1. The van der Waals surface area contributed by atoms with Crippen LogP contribution in [0.5, 0.6) is 0 Å². The Morgan fingerprint density at radius 1 is 1.29 bits per heavy atom. The smallest absolute Gasteiger partial charge is 0.253 e. The minimum atomic E-state index is -0.125. The van der Waals surface area contributed by atoms with Crippen LogP contribution in [0.15, 0.2) is 36.5 Å². The van der Waals surface area contributed by atoms with Crippen LogP contribution in [0.3, 0.4) is 0 Å². The molecule has 2 aromatic rings. The van der Waals surface area contributed by atoms with Gasteiger partial charge in [0.1, 0.15) is 5.82 Å². The molecule has 0 saturated carbocycles. The molecular formula is C15H17ClN4O. The van der Waals surface area contributed by atoms with E-state index in [1.54, 1.807) is 25.4 Å². The van der Waals surface area contributed by atoms with Gasteiger partial charge in [-0.15, -0.1) is 0 Å². The number of hydrogen-bond donors (Lipinski definition) is 3. The predicted octanol–water partition coefficient (Wildman–Crippen LogP) is 3.27. The third-order valence-electron chi connectivity index (χ3n) is 2.89. The van der Waals surface area contributed by atoms with Gasteiger partial charge in [0.2, 0.25) is 0 Å². The van der Waals surface area contributed by atoms with Crippen molar-refractivity contribution in [2.45, 2.75) is 6.92 Å². The molecule has 1 aromatic heterocycles. The highest BCUT2D eigenvalue weighted by Crippen LogP contribution is 2.28. The summed E-state index contributed by atoms with van der Waals surface area (Å²) in [5.41, 5.74) is 1.95. The fourth-order valence-electron chi connectivity index (χ4n) is 1.86. The van der Waals surface area contributed by atoms with E-state index in [0.717, 1.165) is 0 Å². The van der Waals surface area contributed by atoms with Crippen molar-refractivity contribution in [1.29, 1.82) is 0 Å². The van der Waals surface area contributed by atoms with Gasteiger partial charge < -0.3 is 16.0 Å². The molecule has 3 N–H and O–H groups in total. The van der Waals surface area contributed by atoms with Gasteiger partial charge in [0.15, 0.2) is 0 Å². The molecule has 1 aromatic carbocycles. The number of anilines is 3. The summed E-state index contributed by atoms with van der Waals surface area (Å²) in [5, 5.41) is 9.41. The van der Waals surface area contributed by atoms with Gasteiger partial charge in [-0.1, -0.05) is 23.7 Å². The van der Waals surface area contributed by atoms with Gasteiger partial charge >= 0.3 is 0 Å². The molecule has 2 rings (SSSR count). The summed E-state index contributed by atoms with van der Waals surface area (Å²) in [6.45, 7) is 2.46. The lowest BCUT2D eigenvalue weighted by Crippen LogP contribution is -2.23. The molecule has 0 aliphatic carbocycles. The molecular weight excluding hydrogens is 288 g/mol. The van der Waals surface area contributed by atoms with E-state index in [1.807, 2.05) is 25.1 Å². The van der Waals surface area contributed by atoms with E-state index in [9.17, 15) is 4.79 Å². The summed E-state index contributed by atoms with van der Waals surface area (Å²) in [4.78, 5) is 16.2. The summed E-state index contributed by atoms with van der Waals surface area (Å²) in [7, 11) is 1.78. The minimum absolute atomic E-state index is 0.125. The first-order valence-corrected chi connectivity index (χ1v) is 7.01. The standard InChI is InChI=1S/C15H17ClN4O/c1-3-18-15(21)10-6-4-5-7-12(10)20-13-8-14(17-2)19-9-11(13)16/h4-9H,3H2,1-2H3,(H,18,21)(H2,17,19,20). The number of carbonyl (C=O) groups excluding carboxylic acids is 1. The number of aromatic nitrogens is 1. The quantitative estimate of drug-likeness (QED) is 0.793. The average Bonchev–Trinajstić information content (AvgIpc) is 2.50. The van der Waals surface area contributed by atoms with Gasteiger partial charge in [-0.05, 0) is 19.1 Å². The van der Waals surface area contributed by atoms with Crippen molar-refractivity contribution in [2.24, 2.45) is 0 Å². The largest absolute Gasteiger partial charge is 0.373 e. The fraction of sp³-hybridized carbons (Fsp3) is 0.200. The van der Waals surface area contributed by atoms with Crippen molar-refractivity contribution >= 4 is 34.7 Å². The first-order chi connectivity index (χ1) is 10.2. The maximum absolute atomic E-state index is 12.1. The van der Waals surface area contributed by atoms with Crippen LogP contribution in [0.2, 0.25) is 5.02 Å². The molecule has 1 amide bonds. The lowest BCUT2D eigenvalue weighted by molar-refractivity contribution is 0.0956. The van der Waals surface area contributed by atoms with Gasteiger partial charge in [-0.25, -0.2) is 4.98 Å². The molecule has 5 nitrogen and oxygen atoms in total. The van der Waals surface area contributed by atoms with Crippen LogP contribution in [0.25, 0.3) is 0 Å². The molecule has 0 spiro atoms. The lowest BCUT2D eigenvalue weighted by Gasteiger charge is -2.13. The molecule has 110 valence electrons. The van der Waals surface area contributed by atoms with Crippen molar-refractivity contribution in [2.75, 3.05) is 24.2 Å². The first kappa shape index (κ1) is 15.1. The normalized spacial score (nSPS) is 10.0. The number of amides is 1. The predicted molar refractivity (Wildman–Crippen MR) is 86.5 cm³/mol. The molecule has 0 saturated heterocycles. The van der Waals surface area contributed by atoms with Gasteiger partial charge in [0, 0.05) is 19.7 Å². The molecule has 0 bridgehead atoms. The second kappa shape index (κ2) is 6.95. The highest BCUT2D eigenvalue weighted by molar-refractivity contribution is 6.33. The topological polar surface area (TPSA) is 66.1 Å². The van der Waals surface area contributed by atoms with Crippen molar-refractivity contribution in [3.63, 3.8) is 0 Å². The molecule has 0 fully saturated rings. The summed E-state index contributed by atoms with van der Waals surface area (Å²) < 4.78 is 0.